The molecule has 1 unspecified atom stereocenters. The second-order valence-corrected chi connectivity index (χ2v) is 6.41. The van der Waals surface area contributed by atoms with Crippen molar-refractivity contribution >= 4 is 11.3 Å². The number of rotatable bonds is 7. The average molecular weight is 283 g/mol. The molecule has 1 aliphatic heterocycles. The summed E-state index contributed by atoms with van der Waals surface area (Å²) in [7, 11) is 0. The summed E-state index contributed by atoms with van der Waals surface area (Å²) in [6.07, 6.45) is 7.38. The van der Waals surface area contributed by atoms with Crippen LogP contribution in [0.25, 0.3) is 0 Å². The number of hydrazine groups is 1. The topological polar surface area (TPSA) is 60.2 Å². The first-order valence-electron chi connectivity index (χ1n) is 7.25. The standard InChI is InChI=1S/C14H25N3OS/c1-11-16-14(10-19-11)13(17-15)5-3-2-4-12-6-8-18-9-7-12/h10,12-13,17H,2-9,15H2,1H3. The van der Waals surface area contributed by atoms with Crippen molar-refractivity contribution in [2.45, 2.75) is 51.5 Å². The third-order valence-electron chi connectivity index (χ3n) is 3.89. The van der Waals surface area contributed by atoms with E-state index in [9.17, 15) is 0 Å². The van der Waals surface area contributed by atoms with Gasteiger partial charge in [0.05, 0.1) is 16.7 Å². The maximum atomic E-state index is 5.64. The van der Waals surface area contributed by atoms with Gasteiger partial charge in [-0.1, -0.05) is 19.3 Å². The summed E-state index contributed by atoms with van der Waals surface area (Å²) in [5.74, 6) is 6.51. The zero-order chi connectivity index (χ0) is 13.5. The zero-order valence-electron chi connectivity index (χ0n) is 11.7. The van der Waals surface area contributed by atoms with Crippen LogP contribution in [0.3, 0.4) is 0 Å². The lowest BCUT2D eigenvalue weighted by molar-refractivity contribution is 0.0630. The fraction of sp³-hybridized carbons (Fsp3) is 0.786. The maximum absolute atomic E-state index is 5.64. The molecule has 1 aliphatic rings. The van der Waals surface area contributed by atoms with Crippen molar-refractivity contribution in [1.82, 2.24) is 10.4 Å². The van der Waals surface area contributed by atoms with Gasteiger partial charge in [0.15, 0.2) is 0 Å². The Hall–Kier alpha value is -0.490. The SMILES string of the molecule is Cc1nc(C(CCCCC2CCOCC2)NN)cs1. The lowest BCUT2D eigenvalue weighted by Crippen LogP contribution is -2.28. The number of nitrogens with one attached hydrogen (secondary N) is 1. The fourth-order valence-electron chi connectivity index (χ4n) is 2.67. The van der Waals surface area contributed by atoms with Gasteiger partial charge in [-0.15, -0.1) is 11.3 Å². The molecule has 19 heavy (non-hydrogen) atoms. The molecule has 0 amide bonds. The highest BCUT2D eigenvalue weighted by Crippen LogP contribution is 2.24. The minimum absolute atomic E-state index is 0.208. The number of ether oxygens (including phenoxy) is 1. The van der Waals surface area contributed by atoms with Crippen LogP contribution >= 0.6 is 11.3 Å². The molecule has 1 atom stereocenters. The van der Waals surface area contributed by atoms with Gasteiger partial charge in [-0.2, -0.15) is 0 Å². The van der Waals surface area contributed by atoms with Crippen LogP contribution in [0.5, 0.6) is 0 Å². The van der Waals surface area contributed by atoms with Crippen molar-refractivity contribution in [3.63, 3.8) is 0 Å². The number of hydrogen-bond donors (Lipinski definition) is 2. The van der Waals surface area contributed by atoms with Crippen LogP contribution < -0.4 is 11.3 Å². The molecule has 0 aromatic carbocycles. The van der Waals surface area contributed by atoms with Gasteiger partial charge in [-0.05, 0) is 32.1 Å². The van der Waals surface area contributed by atoms with Crippen molar-refractivity contribution in [1.29, 1.82) is 0 Å². The van der Waals surface area contributed by atoms with E-state index in [0.717, 1.165) is 36.3 Å². The summed E-state index contributed by atoms with van der Waals surface area (Å²) in [5, 5.41) is 3.22. The molecule has 0 aliphatic carbocycles. The molecule has 1 saturated heterocycles. The molecule has 0 radical (unpaired) electrons. The predicted molar refractivity (Wildman–Crippen MR) is 78.9 cm³/mol. The first-order valence-corrected chi connectivity index (χ1v) is 8.13. The Bertz CT molecular complexity index is 363. The van der Waals surface area contributed by atoms with Crippen LogP contribution in [0.1, 0.15) is 55.3 Å². The van der Waals surface area contributed by atoms with Gasteiger partial charge in [0.25, 0.3) is 0 Å². The zero-order valence-corrected chi connectivity index (χ0v) is 12.5. The van der Waals surface area contributed by atoms with E-state index in [1.807, 2.05) is 6.92 Å². The summed E-state index contributed by atoms with van der Waals surface area (Å²) in [6, 6.07) is 0.208. The predicted octanol–water partition coefficient (Wildman–Crippen LogP) is 2.94. The van der Waals surface area contributed by atoms with Gasteiger partial charge in [-0.25, -0.2) is 4.98 Å². The Labute approximate surface area is 119 Å². The normalized spacial score (nSPS) is 18.6. The van der Waals surface area contributed by atoms with Gasteiger partial charge < -0.3 is 4.74 Å². The van der Waals surface area contributed by atoms with Gasteiger partial charge in [0, 0.05) is 18.6 Å². The van der Waals surface area contributed by atoms with Crippen molar-refractivity contribution in [3.05, 3.63) is 16.1 Å². The molecule has 2 rings (SSSR count). The molecule has 1 fully saturated rings. The molecular formula is C14H25N3OS. The van der Waals surface area contributed by atoms with E-state index in [-0.39, 0.29) is 6.04 Å². The number of nitrogens with zero attached hydrogens (tertiary/aromatic N) is 1. The van der Waals surface area contributed by atoms with E-state index >= 15 is 0 Å². The summed E-state index contributed by atoms with van der Waals surface area (Å²) in [4.78, 5) is 4.51. The molecule has 0 bridgehead atoms. The van der Waals surface area contributed by atoms with E-state index < -0.39 is 0 Å². The van der Waals surface area contributed by atoms with Gasteiger partial charge in [-0.3, -0.25) is 11.3 Å². The minimum Gasteiger partial charge on any atom is -0.381 e. The molecule has 4 nitrogen and oxygen atoms in total. The Morgan fingerprint density at radius 3 is 2.89 bits per heavy atom. The molecule has 5 heteroatoms. The lowest BCUT2D eigenvalue weighted by Gasteiger charge is -2.22. The summed E-state index contributed by atoms with van der Waals surface area (Å²) >= 11 is 1.69. The van der Waals surface area contributed by atoms with Gasteiger partial charge in [0.1, 0.15) is 0 Å². The van der Waals surface area contributed by atoms with E-state index in [0.29, 0.717) is 0 Å². The van der Waals surface area contributed by atoms with Crippen LogP contribution in [-0.4, -0.2) is 18.2 Å². The number of nitrogens with two attached hydrogens (primary N) is 1. The summed E-state index contributed by atoms with van der Waals surface area (Å²) in [5.41, 5.74) is 3.99. The molecule has 1 aromatic rings. The highest BCUT2D eigenvalue weighted by atomic mass is 32.1. The van der Waals surface area contributed by atoms with Crippen LogP contribution in [0.4, 0.5) is 0 Å². The van der Waals surface area contributed by atoms with Crippen molar-refractivity contribution < 1.29 is 4.74 Å². The Balaban J connectivity index is 1.65. The number of aryl methyl sites for hydroxylation is 1. The van der Waals surface area contributed by atoms with Crippen molar-refractivity contribution in [2.24, 2.45) is 11.8 Å². The third-order valence-corrected chi connectivity index (χ3v) is 4.68. The van der Waals surface area contributed by atoms with Crippen LogP contribution in [0, 0.1) is 12.8 Å². The molecule has 1 aromatic heterocycles. The highest BCUT2D eigenvalue weighted by Gasteiger charge is 2.15. The van der Waals surface area contributed by atoms with Gasteiger partial charge >= 0.3 is 0 Å². The second kappa shape index (κ2) is 7.94. The summed E-state index contributed by atoms with van der Waals surface area (Å²) < 4.78 is 5.39. The first-order chi connectivity index (χ1) is 9.29. The molecule has 2 heterocycles. The molecule has 3 N–H and O–H groups in total. The summed E-state index contributed by atoms with van der Waals surface area (Å²) in [6.45, 7) is 3.94. The largest absolute Gasteiger partial charge is 0.381 e. The van der Waals surface area contributed by atoms with Crippen molar-refractivity contribution in [2.75, 3.05) is 13.2 Å². The van der Waals surface area contributed by atoms with E-state index in [4.69, 9.17) is 10.6 Å². The monoisotopic (exact) mass is 283 g/mol. The lowest BCUT2D eigenvalue weighted by atomic mass is 9.93. The van der Waals surface area contributed by atoms with E-state index in [2.05, 4.69) is 15.8 Å². The minimum atomic E-state index is 0.208. The fourth-order valence-corrected chi connectivity index (χ4v) is 3.34. The molecular weight excluding hydrogens is 258 g/mol. The van der Waals surface area contributed by atoms with E-state index in [1.165, 1.54) is 32.1 Å². The quantitative estimate of drug-likeness (QED) is 0.459. The first kappa shape index (κ1) is 14.9. The number of thiazole rings is 1. The Kier molecular flexibility index (Phi) is 6.23. The number of unbranched alkanes of at least 4 members (excludes halogenated alkanes) is 1. The number of aromatic nitrogens is 1. The molecule has 0 saturated carbocycles. The second-order valence-electron chi connectivity index (χ2n) is 5.35. The van der Waals surface area contributed by atoms with Crippen LogP contribution in [0.15, 0.2) is 5.38 Å². The Morgan fingerprint density at radius 1 is 1.47 bits per heavy atom. The Morgan fingerprint density at radius 2 is 2.26 bits per heavy atom. The third kappa shape index (κ3) is 4.84. The van der Waals surface area contributed by atoms with Crippen LogP contribution in [0.2, 0.25) is 0 Å². The van der Waals surface area contributed by atoms with Crippen molar-refractivity contribution in [3.8, 4) is 0 Å². The van der Waals surface area contributed by atoms with E-state index in [1.54, 1.807) is 11.3 Å². The molecule has 0 spiro atoms. The average Bonchev–Trinajstić information content (AvgIpc) is 2.86. The highest BCUT2D eigenvalue weighted by molar-refractivity contribution is 7.09. The number of hydrogen-bond acceptors (Lipinski definition) is 5. The molecule has 108 valence electrons. The maximum Gasteiger partial charge on any atom is 0.0898 e. The smallest absolute Gasteiger partial charge is 0.0898 e. The van der Waals surface area contributed by atoms with Crippen LogP contribution in [-0.2, 0) is 4.74 Å². The van der Waals surface area contributed by atoms with Gasteiger partial charge in [0.2, 0.25) is 0 Å².